The Balaban J connectivity index is 2.57. The number of nitrogens with two attached hydrogens (primary N) is 1. The van der Waals surface area contributed by atoms with Crippen molar-refractivity contribution in [3.05, 3.63) is 39.4 Å². The standard InChI is InChI=1S/C13H16N4O2/c1-7(2)11-12(15-16-13(11)14)10-5-4-9(17(18)19)6-8(10)3/h4-7H,1-3H3,(H3,14,15,16). The van der Waals surface area contributed by atoms with Gasteiger partial charge in [-0.15, -0.1) is 0 Å². The van der Waals surface area contributed by atoms with Crippen LogP contribution in [-0.2, 0) is 0 Å². The van der Waals surface area contributed by atoms with E-state index in [-0.39, 0.29) is 11.6 Å². The molecule has 0 fully saturated rings. The molecule has 0 spiro atoms. The van der Waals surface area contributed by atoms with Gasteiger partial charge < -0.3 is 5.73 Å². The van der Waals surface area contributed by atoms with Crippen molar-refractivity contribution in [2.75, 3.05) is 5.73 Å². The van der Waals surface area contributed by atoms with Gasteiger partial charge in [-0.05, 0) is 24.5 Å². The number of aromatic nitrogens is 2. The number of nitrogens with zero attached hydrogens (tertiary/aromatic N) is 2. The maximum absolute atomic E-state index is 10.7. The highest BCUT2D eigenvalue weighted by Crippen LogP contribution is 2.34. The van der Waals surface area contributed by atoms with E-state index in [1.54, 1.807) is 12.1 Å². The van der Waals surface area contributed by atoms with E-state index in [1.165, 1.54) is 6.07 Å². The minimum absolute atomic E-state index is 0.0832. The van der Waals surface area contributed by atoms with Crippen molar-refractivity contribution in [2.24, 2.45) is 0 Å². The van der Waals surface area contributed by atoms with Crippen molar-refractivity contribution in [1.82, 2.24) is 10.2 Å². The van der Waals surface area contributed by atoms with Gasteiger partial charge in [-0.25, -0.2) is 0 Å². The van der Waals surface area contributed by atoms with Crippen LogP contribution in [0, 0.1) is 17.0 Å². The molecular formula is C13H16N4O2. The van der Waals surface area contributed by atoms with Gasteiger partial charge in [-0.3, -0.25) is 15.2 Å². The fraction of sp³-hybridized carbons (Fsp3) is 0.308. The molecule has 0 saturated heterocycles. The Morgan fingerprint density at radius 1 is 1.42 bits per heavy atom. The minimum Gasteiger partial charge on any atom is -0.382 e. The first-order valence-corrected chi connectivity index (χ1v) is 6.01. The summed E-state index contributed by atoms with van der Waals surface area (Å²) in [5.74, 6) is 0.700. The van der Waals surface area contributed by atoms with Crippen LogP contribution < -0.4 is 5.73 Å². The van der Waals surface area contributed by atoms with E-state index in [9.17, 15) is 10.1 Å². The van der Waals surface area contributed by atoms with E-state index in [4.69, 9.17) is 5.73 Å². The molecule has 1 aromatic heterocycles. The number of nitro benzene ring substituents is 1. The third kappa shape index (κ3) is 2.29. The number of aryl methyl sites for hydroxylation is 1. The number of anilines is 1. The number of aromatic amines is 1. The smallest absolute Gasteiger partial charge is 0.269 e. The van der Waals surface area contributed by atoms with E-state index in [0.717, 1.165) is 22.4 Å². The molecule has 0 aliphatic heterocycles. The Labute approximate surface area is 110 Å². The second-order valence-corrected chi connectivity index (χ2v) is 4.81. The van der Waals surface area contributed by atoms with Gasteiger partial charge in [0.1, 0.15) is 5.82 Å². The summed E-state index contributed by atoms with van der Waals surface area (Å²) in [7, 11) is 0. The molecule has 6 nitrogen and oxygen atoms in total. The van der Waals surface area contributed by atoms with Crippen LogP contribution in [0.2, 0.25) is 0 Å². The quantitative estimate of drug-likeness (QED) is 0.654. The van der Waals surface area contributed by atoms with Crippen LogP contribution in [0.4, 0.5) is 11.5 Å². The zero-order valence-corrected chi connectivity index (χ0v) is 11.1. The minimum atomic E-state index is -0.401. The lowest BCUT2D eigenvalue weighted by atomic mass is 9.96. The van der Waals surface area contributed by atoms with Gasteiger partial charge in [0.2, 0.25) is 0 Å². The highest BCUT2D eigenvalue weighted by Gasteiger charge is 2.18. The molecule has 1 aromatic carbocycles. The van der Waals surface area contributed by atoms with Gasteiger partial charge in [-0.2, -0.15) is 5.10 Å². The third-order valence-electron chi connectivity index (χ3n) is 3.10. The first kappa shape index (κ1) is 13.1. The second-order valence-electron chi connectivity index (χ2n) is 4.81. The van der Waals surface area contributed by atoms with Crippen LogP contribution >= 0.6 is 0 Å². The van der Waals surface area contributed by atoms with Crippen LogP contribution in [0.15, 0.2) is 18.2 Å². The molecular weight excluding hydrogens is 244 g/mol. The van der Waals surface area contributed by atoms with Crippen molar-refractivity contribution < 1.29 is 4.92 Å². The highest BCUT2D eigenvalue weighted by atomic mass is 16.6. The van der Waals surface area contributed by atoms with E-state index in [1.807, 2.05) is 20.8 Å². The summed E-state index contributed by atoms with van der Waals surface area (Å²) in [6, 6.07) is 4.77. The monoisotopic (exact) mass is 260 g/mol. The lowest BCUT2D eigenvalue weighted by Gasteiger charge is -2.09. The molecule has 19 heavy (non-hydrogen) atoms. The number of rotatable bonds is 3. The molecule has 0 aliphatic carbocycles. The topological polar surface area (TPSA) is 97.8 Å². The van der Waals surface area contributed by atoms with E-state index < -0.39 is 4.92 Å². The normalized spacial score (nSPS) is 10.9. The van der Waals surface area contributed by atoms with Gasteiger partial charge in [0.15, 0.2) is 0 Å². The number of hydrogen-bond donors (Lipinski definition) is 2. The number of non-ortho nitro benzene ring substituents is 1. The van der Waals surface area contributed by atoms with Crippen molar-refractivity contribution >= 4 is 11.5 Å². The van der Waals surface area contributed by atoms with Crippen molar-refractivity contribution in [3.8, 4) is 11.3 Å². The number of nitrogen functional groups attached to an aromatic ring is 1. The lowest BCUT2D eigenvalue weighted by Crippen LogP contribution is -1.96. The Morgan fingerprint density at radius 3 is 2.63 bits per heavy atom. The number of H-pyrrole nitrogens is 1. The number of benzene rings is 1. The molecule has 2 rings (SSSR count). The molecule has 0 atom stereocenters. The Morgan fingerprint density at radius 2 is 2.11 bits per heavy atom. The van der Waals surface area contributed by atoms with Crippen LogP contribution in [-0.4, -0.2) is 15.1 Å². The first-order valence-electron chi connectivity index (χ1n) is 6.01. The third-order valence-corrected chi connectivity index (χ3v) is 3.10. The molecule has 100 valence electrons. The van der Waals surface area contributed by atoms with Gasteiger partial charge in [0.05, 0.1) is 10.6 Å². The van der Waals surface area contributed by atoms with Gasteiger partial charge in [0.25, 0.3) is 5.69 Å². The predicted molar refractivity (Wildman–Crippen MR) is 73.9 cm³/mol. The Kier molecular flexibility index (Phi) is 3.25. The average Bonchev–Trinajstić information content (AvgIpc) is 2.70. The van der Waals surface area contributed by atoms with Gasteiger partial charge >= 0.3 is 0 Å². The number of nitro groups is 1. The maximum atomic E-state index is 10.7. The largest absolute Gasteiger partial charge is 0.382 e. The van der Waals surface area contributed by atoms with E-state index >= 15 is 0 Å². The number of hydrogen-bond acceptors (Lipinski definition) is 4. The number of nitrogens with one attached hydrogen (secondary N) is 1. The fourth-order valence-corrected chi connectivity index (χ4v) is 2.20. The van der Waals surface area contributed by atoms with Crippen LogP contribution in [0.3, 0.4) is 0 Å². The first-order chi connectivity index (χ1) is 8.91. The molecule has 0 radical (unpaired) electrons. The summed E-state index contributed by atoms with van der Waals surface area (Å²) in [5, 5.41) is 17.7. The molecule has 0 unspecified atom stereocenters. The predicted octanol–water partition coefficient (Wildman–Crippen LogP) is 3.00. The maximum Gasteiger partial charge on any atom is 0.269 e. The molecule has 6 heteroatoms. The van der Waals surface area contributed by atoms with Crippen molar-refractivity contribution in [2.45, 2.75) is 26.7 Å². The molecule has 1 heterocycles. The summed E-state index contributed by atoms with van der Waals surface area (Å²) in [6.07, 6.45) is 0. The van der Waals surface area contributed by atoms with E-state index in [0.29, 0.717) is 5.82 Å². The lowest BCUT2D eigenvalue weighted by molar-refractivity contribution is -0.384. The van der Waals surface area contributed by atoms with Crippen LogP contribution in [0.5, 0.6) is 0 Å². The molecule has 0 saturated carbocycles. The summed E-state index contributed by atoms with van der Waals surface area (Å²) in [5.41, 5.74) is 9.42. The molecule has 0 aliphatic rings. The van der Waals surface area contributed by atoms with E-state index in [2.05, 4.69) is 10.2 Å². The van der Waals surface area contributed by atoms with Crippen molar-refractivity contribution in [1.29, 1.82) is 0 Å². The van der Waals surface area contributed by atoms with Crippen LogP contribution in [0.25, 0.3) is 11.3 Å². The molecule has 0 bridgehead atoms. The average molecular weight is 260 g/mol. The second kappa shape index (κ2) is 4.72. The summed E-state index contributed by atoms with van der Waals surface area (Å²) < 4.78 is 0. The van der Waals surface area contributed by atoms with Gasteiger partial charge in [-0.1, -0.05) is 13.8 Å². The fourth-order valence-electron chi connectivity index (χ4n) is 2.20. The highest BCUT2D eigenvalue weighted by molar-refractivity contribution is 5.72. The SMILES string of the molecule is Cc1cc([N+](=O)[O-])ccc1-c1[nH]nc(N)c1C(C)C. The molecule has 2 aromatic rings. The molecule has 3 N–H and O–H groups in total. The molecule has 0 amide bonds. The summed E-state index contributed by atoms with van der Waals surface area (Å²) in [6.45, 7) is 5.90. The zero-order chi connectivity index (χ0) is 14.2. The summed E-state index contributed by atoms with van der Waals surface area (Å²) >= 11 is 0. The summed E-state index contributed by atoms with van der Waals surface area (Å²) in [4.78, 5) is 10.3. The van der Waals surface area contributed by atoms with Gasteiger partial charge in [0, 0.05) is 23.3 Å². The Bertz CT molecular complexity index is 632. The zero-order valence-electron chi connectivity index (χ0n) is 11.1. The van der Waals surface area contributed by atoms with Crippen molar-refractivity contribution in [3.63, 3.8) is 0 Å². The van der Waals surface area contributed by atoms with Crippen LogP contribution in [0.1, 0.15) is 30.9 Å². The Hall–Kier alpha value is -2.37.